The van der Waals surface area contributed by atoms with Crippen LogP contribution in [0.5, 0.6) is 0 Å². The Balaban J connectivity index is 2.54. The molecule has 0 bridgehead atoms. The van der Waals surface area contributed by atoms with Gasteiger partial charge in [-0.25, -0.2) is 0 Å². The molecule has 0 aliphatic rings. The second kappa shape index (κ2) is 5.97. The van der Waals surface area contributed by atoms with Crippen LogP contribution in [0.15, 0.2) is 24.3 Å². The van der Waals surface area contributed by atoms with Crippen molar-refractivity contribution in [2.75, 3.05) is 13.9 Å². The molecule has 0 heterocycles. The molecule has 3 heteroatoms. The first-order valence-electron chi connectivity index (χ1n) is 4.08. The molecule has 0 aromatic heterocycles. The molecule has 0 aliphatic carbocycles. The summed E-state index contributed by atoms with van der Waals surface area (Å²) in [4.78, 5) is 0. The van der Waals surface area contributed by atoms with Gasteiger partial charge in [0.1, 0.15) is 6.79 Å². The van der Waals surface area contributed by atoms with Gasteiger partial charge in [-0.2, -0.15) is 0 Å². The van der Waals surface area contributed by atoms with Crippen LogP contribution in [-0.4, -0.2) is 13.9 Å². The number of ether oxygens (including phenoxy) is 2. The number of halogens is 1. The van der Waals surface area contributed by atoms with E-state index in [1.165, 1.54) is 0 Å². The zero-order chi connectivity index (χ0) is 9.52. The normalized spacial score (nSPS) is 10.3. The maximum absolute atomic E-state index is 5.76. The fourth-order valence-corrected chi connectivity index (χ4v) is 1.32. The first kappa shape index (κ1) is 10.5. The number of benzene rings is 1. The molecule has 0 radical (unpaired) electrons. The summed E-state index contributed by atoms with van der Waals surface area (Å²) in [6.45, 7) is 0.868. The number of hydrogen-bond donors (Lipinski definition) is 0. The minimum atomic E-state index is 0.316. The number of hydrogen-bond acceptors (Lipinski definition) is 2. The molecule has 1 rings (SSSR count). The third-order valence-electron chi connectivity index (χ3n) is 1.72. The third-order valence-corrected chi connectivity index (χ3v) is 2.01. The van der Waals surface area contributed by atoms with Gasteiger partial charge in [-0.3, -0.25) is 0 Å². The van der Waals surface area contributed by atoms with Gasteiger partial charge < -0.3 is 9.47 Å². The van der Waals surface area contributed by atoms with Crippen LogP contribution in [-0.2, 0) is 22.0 Å². The molecule has 2 nitrogen and oxygen atoms in total. The van der Waals surface area contributed by atoms with E-state index in [2.05, 4.69) is 0 Å². The first-order chi connectivity index (χ1) is 6.38. The van der Waals surface area contributed by atoms with Gasteiger partial charge >= 0.3 is 0 Å². The van der Waals surface area contributed by atoms with E-state index >= 15 is 0 Å². The Morgan fingerprint density at radius 3 is 2.54 bits per heavy atom. The Morgan fingerprint density at radius 1 is 1.23 bits per heavy atom. The molecule has 1 aromatic carbocycles. The van der Waals surface area contributed by atoms with Gasteiger partial charge in [-0.1, -0.05) is 24.3 Å². The van der Waals surface area contributed by atoms with Crippen LogP contribution in [0.25, 0.3) is 0 Å². The van der Waals surface area contributed by atoms with Crippen molar-refractivity contribution < 1.29 is 9.47 Å². The summed E-state index contributed by atoms with van der Waals surface area (Å²) in [5.74, 6) is 0.520. The average molecular weight is 201 g/mol. The van der Waals surface area contributed by atoms with Crippen LogP contribution in [0, 0.1) is 0 Å². The Hall–Kier alpha value is -0.570. The molecule has 0 atom stereocenters. The topological polar surface area (TPSA) is 18.5 Å². The highest BCUT2D eigenvalue weighted by atomic mass is 35.5. The van der Waals surface area contributed by atoms with Gasteiger partial charge in [0.15, 0.2) is 0 Å². The highest BCUT2D eigenvalue weighted by molar-refractivity contribution is 6.17. The van der Waals surface area contributed by atoms with Crippen molar-refractivity contribution in [3.8, 4) is 0 Å². The number of methoxy groups -OCH3 is 1. The van der Waals surface area contributed by atoms with E-state index < -0.39 is 0 Å². The lowest BCUT2D eigenvalue weighted by Gasteiger charge is -2.06. The first-order valence-corrected chi connectivity index (χ1v) is 4.61. The number of rotatable bonds is 5. The van der Waals surface area contributed by atoms with E-state index in [1.807, 2.05) is 24.3 Å². The lowest BCUT2D eigenvalue weighted by Crippen LogP contribution is -1.99. The minimum Gasteiger partial charge on any atom is -0.359 e. The molecule has 0 fully saturated rings. The predicted molar refractivity (Wildman–Crippen MR) is 52.7 cm³/mol. The molecule has 0 amide bonds. The van der Waals surface area contributed by atoms with E-state index in [-0.39, 0.29) is 0 Å². The average Bonchev–Trinajstić information content (AvgIpc) is 2.19. The maximum atomic E-state index is 5.76. The van der Waals surface area contributed by atoms with E-state index in [0.717, 1.165) is 11.1 Å². The molecule has 0 N–H and O–H groups in total. The zero-order valence-electron chi connectivity index (χ0n) is 7.63. The second-order valence-electron chi connectivity index (χ2n) is 2.66. The summed E-state index contributed by atoms with van der Waals surface area (Å²) < 4.78 is 10.0. The van der Waals surface area contributed by atoms with Crippen molar-refractivity contribution in [3.05, 3.63) is 35.4 Å². The fraction of sp³-hybridized carbons (Fsp3) is 0.400. The van der Waals surface area contributed by atoms with Crippen molar-refractivity contribution in [2.45, 2.75) is 12.5 Å². The fourth-order valence-electron chi connectivity index (χ4n) is 1.06. The molecule has 0 aliphatic heterocycles. The molecule has 0 spiro atoms. The summed E-state index contributed by atoms with van der Waals surface area (Å²) in [5.41, 5.74) is 2.23. The van der Waals surface area contributed by atoms with Crippen molar-refractivity contribution in [2.24, 2.45) is 0 Å². The van der Waals surface area contributed by atoms with Crippen molar-refractivity contribution in [3.63, 3.8) is 0 Å². The largest absolute Gasteiger partial charge is 0.359 e. The smallest absolute Gasteiger partial charge is 0.146 e. The lowest BCUT2D eigenvalue weighted by atomic mass is 10.1. The SMILES string of the molecule is COCOCc1ccccc1CCl. The molecule has 0 unspecified atom stereocenters. The molecule has 0 saturated carbocycles. The van der Waals surface area contributed by atoms with Crippen LogP contribution in [0.2, 0.25) is 0 Å². The highest BCUT2D eigenvalue weighted by Gasteiger charge is 1.99. The quantitative estimate of drug-likeness (QED) is 0.413. The molecule has 13 heavy (non-hydrogen) atoms. The van der Waals surface area contributed by atoms with Crippen molar-refractivity contribution >= 4 is 11.6 Å². The Bertz CT molecular complexity index is 250. The Labute approximate surface area is 83.4 Å². The third kappa shape index (κ3) is 3.35. The van der Waals surface area contributed by atoms with Crippen molar-refractivity contribution in [1.29, 1.82) is 0 Å². The van der Waals surface area contributed by atoms with E-state index in [0.29, 0.717) is 19.3 Å². The van der Waals surface area contributed by atoms with Gasteiger partial charge in [0, 0.05) is 13.0 Å². The second-order valence-corrected chi connectivity index (χ2v) is 2.92. The van der Waals surface area contributed by atoms with Gasteiger partial charge in [-0.05, 0) is 11.1 Å². The van der Waals surface area contributed by atoms with Crippen molar-refractivity contribution in [1.82, 2.24) is 0 Å². The van der Waals surface area contributed by atoms with Crippen LogP contribution >= 0.6 is 11.6 Å². The van der Waals surface area contributed by atoms with Crippen LogP contribution < -0.4 is 0 Å². The van der Waals surface area contributed by atoms with E-state index in [9.17, 15) is 0 Å². The monoisotopic (exact) mass is 200 g/mol. The zero-order valence-corrected chi connectivity index (χ0v) is 8.38. The molecule has 0 saturated heterocycles. The van der Waals surface area contributed by atoms with Gasteiger partial charge in [0.25, 0.3) is 0 Å². The predicted octanol–water partition coefficient (Wildman–Crippen LogP) is 2.55. The summed E-state index contributed by atoms with van der Waals surface area (Å²) in [7, 11) is 1.60. The minimum absolute atomic E-state index is 0.316. The Kier molecular flexibility index (Phi) is 4.83. The van der Waals surface area contributed by atoms with Crippen LogP contribution in [0.1, 0.15) is 11.1 Å². The summed E-state index contributed by atoms with van der Waals surface area (Å²) in [6.07, 6.45) is 0. The van der Waals surface area contributed by atoms with E-state index in [4.69, 9.17) is 21.1 Å². The van der Waals surface area contributed by atoms with Gasteiger partial charge in [0.2, 0.25) is 0 Å². The standard InChI is InChI=1S/C10H13ClO2/c1-12-8-13-7-10-5-3-2-4-9(10)6-11/h2-5H,6-8H2,1H3. The van der Waals surface area contributed by atoms with Crippen LogP contribution in [0.4, 0.5) is 0 Å². The molecule has 1 aromatic rings. The summed E-state index contributed by atoms with van der Waals surface area (Å²) in [5, 5.41) is 0. The molecule has 72 valence electrons. The van der Waals surface area contributed by atoms with Gasteiger partial charge in [-0.15, -0.1) is 11.6 Å². The van der Waals surface area contributed by atoms with Crippen LogP contribution in [0.3, 0.4) is 0 Å². The highest BCUT2D eigenvalue weighted by Crippen LogP contribution is 2.12. The summed E-state index contributed by atoms with van der Waals surface area (Å²) >= 11 is 5.76. The summed E-state index contributed by atoms with van der Waals surface area (Å²) in [6, 6.07) is 7.95. The lowest BCUT2D eigenvalue weighted by molar-refractivity contribution is -0.0392. The molecular weight excluding hydrogens is 188 g/mol. The van der Waals surface area contributed by atoms with Gasteiger partial charge in [0.05, 0.1) is 6.61 Å². The number of alkyl halides is 1. The van der Waals surface area contributed by atoms with E-state index in [1.54, 1.807) is 7.11 Å². The Morgan fingerprint density at radius 2 is 1.92 bits per heavy atom. The maximum Gasteiger partial charge on any atom is 0.146 e. The molecular formula is C10H13ClO2.